The van der Waals surface area contributed by atoms with Crippen molar-refractivity contribution in [1.29, 1.82) is 0 Å². The average molecular weight is 615 g/mol. The second-order valence-electron chi connectivity index (χ2n) is 12.8. The Bertz CT molecular complexity index is 1050. The van der Waals surface area contributed by atoms with Crippen molar-refractivity contribution in [3.05, 3.63) is 24.3 Å². The highest BCUT2D eigenvalue weighted by atomic mass is 16.5. The molecule has 0 aromatic carbocycles. The van der Waals surface area contributed by atoms with Crippen LogP contribution in [0.5, 0.6) is 0 Å². The Hall–Kier alpha value is -3.30. The van der Waals surface area contributed by atoms with Crippen LogP contribution in [0.15, 0.2) is 24.3 Å². The molecule has 2 fully saturated rings. The molecule has 0 aromatic heterocycles. The van der Waals surface area contributed by atoms with Crippen LogP contribution in [0.4, 0.5) is 0 Å². The van der Waals surface area contributed by atoms with E-state index in [1.54, 1.807) is 11.9 Å². The van der Waals surface area contributed by atoms with Crippen molar-refractivity contribution in [3.63, 3.8) is 0 Å². The van der Waals surface area contributed by atoms with Crippen LogP contribution in [0, 0.1) is 29.6 Å². The number of carbonyl (C=O) groups excluding carboxylic acids is 6. The van der Waals surface area contributed by atoms with Crippen LogP contribution in [-0.2, 0) is 38.2 Å². The highest BCUT2D eigenvalue weighted by Crippen LogP contribution is 2.48. The molecule has 1 heterocycles. The molecule has 2 bridgehead atoms. The summed E-state index contributed by atoms with van der Waals surface area (Å²) in [6, 6.07) is 0. The maximum Gasteiger partial charge on any atom is 0.305 e. The van der Waals surface area contributed by atoms with E-state index in [-0.39, 0.29) is 29.7 Å². The minimum atomic E-state index is -0.268. The van der Waals surface area contributed by atoms with E-state index in [4.69, 9.17) is 9.47 Å². The fraction of sp³-hybridized carbons (Fsp3) is 0.706. The van der Waals surface area contributed by atoms with Crippen LogP contribution >= 0.6 is 0 Å². The van der Waals surface area contributed by atoms with Crippen LogP contribution in [0.2, 0.25) is 0 Å². The molecular formula is C34H50N2O8. The van der Waals surface area contributed by atoms with Crippen molar-refractivity contribution in [2.45, 2.75) is 90.4 Å². The molecule has 3 rings (SSSR count). The summed E-state index contributed by atoms with van der Waals surface area (Å²) >= 11 is 0. The number of imide groups is 1. The van der Waals surface area contributed by atoms with Crippen LogP contribution in [0.25, 0.3) is 0 Å². The molecule has 3 amide bonds. The molecular weight excluding hydrogens is 564 g/mol. The zero-order valence-corrected chi connectivity index (χ0v) is 26.5. The van der Waals surface area contributed by atoms with Crippen LogP contribution in [-0.4, -0.2) is 79.1 Å². The number of amides is 3. The standard InChI is InChI=1S/C34H50N2O8/c1-25-19-27(23-43-33(41)13-7-5-9-17-36-31(39)14-15-32(36)40)20-26-21-28(29(25)22-26)24-44-34(42)12-6-3-4-8-16-35(2)30(38)11-10-18-37/h10-11,14-15,18,25-29H,3-9,12-13,16-17,19-24H2,1-2H3/b11-10-. The summed E-state index contributed by atoms with van der Waals surface area (Å²) in [5.74, 6) is 1.29. The van der Waals surface area contributed by atoms with E-state index < -0.39 is 0 Å². The lowest BCUT2D eigenvalue weighted by atomic mass is 9.80. The fourth-order valence-electron chi connectivity index (χ4n) is 7.02. The molecule has 2 saturated carbocycles. The smallest absolute Gasteiger partial charge is 0.305 e. The highest BCUT2D eigenvalue weighted by Gasteiger charge is 2.42. The van der Waals surface area contributed by atoms with Gasteiger partial charge in [0.25, 0.3) is 11.8 Å². The number of unbranched alkanes of at least 4 members (excludes halogenated alkanes) is 5. The Balaban J connectivity index is 1.23. The van der Waals surface area contributed by atoms with E-state index in [1.807, 2.05) is 0 Å². The lowest BCUT2D eigenvalue weighted by Crippen LogP contribution is -2.30. The van der Waals surface area contributed by atoms with E-state index in [0.29, 0.717) is 87.9 Å². The first-order chi connectivity index (χ1) is 21.2. The molecule has 0 saturated heterocycles. The van der Waals surface area contributed by atoms with Gasteiger partial charge >= 0.3 is 11.9 Å². The predicted molar refractivity (Wildman–Crippen MR) is 164 cm³/mol. The molecule has 5 unspecified atom stereocenters. The third-order valence-electron chi connectivity index (χ3n) is 9.37. The molecule has 3 aliphatic rings. The molecule has 0 spiro atoms. The van der Waals surface area contributed by atoms with Gasteiger partial charge in [0.15, 0.2) is 0 Å². The third kappa shape index (κ3) is 11.7. The molecule has 0 radical (unpaired) electrons. The molecule has 10 nitrogen and oxygen atoms in total. The number of ether oxygens (including phenoxy) is 2. The van der Waals surface area contributed by atoms with E-state index in [9.17, 15) is 28.8 Å². The Morgan fingerprint density at radius 2 is 1.50 bits per heavy atom. The molecule has 2 aliphatic carbocycles. The van der Waals surface area contributed by atoms with E-state index in [0.717, 1.165) is 57.8 Å². The van der Waals surface area contributed by atoms with Crippen molar-refractivity contribution < 1.29 is 38.2 Å². The maximum absolute atomic E-state index is 12.4. The Kier molecular flexibility index (Phi) is 14.8. The van der Waals surface area contributed by atoms with Gasteiger partial charge in [0, 0.05) is 51.2 Å². The summed E-state index contributed by atoms with van der Waals surface area (Å²) in [4.78, 5) is 72.7. The summed E-state index contributed by atoms with van der Waals surface area (Å²) in [5.41, 5.74) is 0. The molecule has 44 heavy (non-hydrogen) atoms. The number of allylic oxidation sites excluding steroid dienone is 1. The summed E-state index contributed by atoms with van der Waals surface area (Å²) in [7, 11) is 1.71. The van der Waals surface area contributed by atoms with Gasteiger partial charge in [-0.25, -0.2) is 0 Å². The number of hydrogen-bond acceptors (Lipinski definition) is 8. The zero-order chi connectivity index (χ0) is 31.9. The number of hydrogen-bond donors (Lipinski definition) is 0. The van der Waals surface area contributed by atoms with Gasteiger partial charge in [-0.05, 0) is 87.0 Å². The number of aldehydes is 1. The fourth-order valence-corrected chi connectivity index (χ4v) is 7.02. The summed E-state index contributed by atoms with van der Waals surface area (Å²) in [5, 5.41) is 0. The predicted octanol–water partition coefficient (Wildman–Crippen LogP) is 4.41. The summed E-state index contributed by atoms with van der Waals surface area (Å²) in [6.07, 6.45) is 16.2. The summed E-state index contributed by atoms with van der Waals surface area (Å²) < 4.78 is 11.3. The molecule has 244 valence electrons. The normalized spacial score (nSPS) is 24.5. The quantitative estimate of drug-likeness (QED) is 0.0688. The maximum atomic E-state index is 12.4. The van der Waals surface area contributed by atoms with E-state index >= 15 is 0 Å². The van der Waals surface area contributed by atoms with Crippen LogP contribution < -0.4 is 0 Å². The van der Waals surface area contributed by atoms with Crippen molar-refractivity contribution in [1.82, 2.24) is 9.80 Å². The second kappa shape index (κ2) is 18.5. The number of esters is 2. The largest absolute Gasteiger partial charge is 0.465 e. The Morgan fingerprint density at radius 1 is 0.864 bits per heavy atom. The van der Waals surface area contributed by atoms with E-state index in [1.165, 1.54) is 29.2 Å². The van der Waals surface area contributed by atoms with Gasteiger partial charge in [-0.3, -0.25) is 33.7 Å². The minimum absolute atomic E-state index is 0.136. The summed E-state index contributed by atoms with van der Waals surface area (Å²) in [6.45, 7) is 4.22. The second-order valence-corrected chi connectivity index (χ2v) is 12.8. The third-order valence-corrected chi connectivity index (χ3v) is 9.37. The van der Waals surface area contributed by atoms with Crippen molar-refractivity contribution in [2.24, 2.45) is 29.6 Å². The molecule has 10 heteroatoms. The first kappa shape index (κ1) is 35.2. The van der Waals surface area contributed by atoms with Gasteiger partial charge < -0.3 is 14.4 Å². The first-order valence-electron chi connectivity index (χ1n) is 16.4. The number of likely N-dealkylation sites (N-methyl/N-ethyl adjacent to an activating group) is 1. The van der Waals surface area contributed by atoms with Gasteiger partial charge in [-0.2, -0.15) is 0 Å². The van der Waals surface area contributed by atoms with Crippen molar-refractivity contribution in [2.75, 3.05) is 33.4 Å². The van der Waals surface area contributed by atoms with Gasteiger partial charge in [0.2, 0.25) is 5.91 Å². The molecule has 0 N–H and O–H groups in total. The van der Waals surface area contributed by atoms with Crippen molar-refractivity contribution in [3.8, 4) is 0 Å². The monoisotopic (exact) mass is 614 g/mol. The lowest BCUT2D eigenvalue weighted by molar-refractivity contribution is -0.146. The zero-order valence-electron chi connectivity index (χ0n) is 26.5. The minimum Gasteiger partial charge on any atom is -0.465 e. The number of carbonyl (C=O) groups is 6. The topological polar surface area (TPSA) is 127 Å². The van der Waals surface area contributed by atoms with Gasteiger partial charge in [0.1, 0.15) is 6.29 Å². The number of rotatable bonds is 19. The van der Waals surface area contributed by atoms with Gasteiger partial charge in [0.05, 0.1) is 13.2 Å². The SMILES string of the molecule is CC1CC(COC(=O)CCCCCN2C(=O)C=CC2=O)CC2CC(COC(=O)CCCCCCN(C)C(=O)/C=C\C=O)C1C2. The average Bonchev–Trinajstić information content (AvgIpc) is 3.50. The van der Waals surface area contributed by atoms with Gasteiger partial charge in [-0.15, -0.1) is 0 Å². The van der Waals surface area contributed by atoms with Crippen LogP contribution in [0.3, 0.4) is 0 Å². The highest BCUT2D eigenvalue weighted by molar-refractivity contribution is 6.12. The molecule has 1 aliphatic heterocycles. The number of fused-ring (bicyclic) bond motifs is 2. The molecule has 5 atom stereocenters. The van der Waals surface area contributed by atoms with Crippen molar-refractivity contribution >= 4 is 35.9 Å². The van der Waals surface area contributed by atoms with E-state index in [2.05, 4.69) is 6.92 Å². The van der Waals surface area contributed by atoms with Gasteiger partial charge in [-0.1, -0.05) is 26.2 Å². The Labute approximate surface area is 261 Å². The van der Waals surface area contributed by atoms with Crippen LogP contribution in [0.1, 0.15) is 90.4 Å². The first-order valence-corrected chi connectivity index (χ1v) is 16.4. The lowest BCUT2D eigenvalue weighted by Gasteiger charge is -2.29. The number of nitrogens with zero attached hydrogens (tertiary/aromatic N) is 2. The Morgan fingerprint density at radius 3 is 2.18 bits per heavy atom. The molecule has 0 aromatic rings.